The number of rotatable bonds is 4. The molecule has 1 aromatic carbocycles. The number of benzene rings is 1. The molecular formula is C21H20N4O2. The van der Waals surface area contributed by atoms with Crippen LogP contribution in [0.4, 0.5) is 10.5 Å². The quantitative estimate of drug-likeness (QED) is 0.652. The first kappa shape index (κ1) is 17.0. The predicted octanol–water partition coefficient (Wildman–Crippen LogP) is 4.04. The van der Waals surface area contributed by atoms with Crippen molar-refractivity contribution in [2.24, 2.45) is 0 Å². The molecule has 1 fully saturated rings. The van der Waals surface area contributed by atoms with Gasteiger partial charge in [-0.05, 0) is 37.0 Å². The zero-order valence-corrected chi connectivity index (χ0v) is 14.7. The number of pyridine rings is 2. The fourth-order valence-corrected chi connectivity index (χ4v) is 3.62. The Hall–Kier alpha value is -3.41. The number of nitrogens with two attached hydrogens (primary N) is 1. The molecule has 0 atom stereocenters. The first-order chi connectivity index (χ1) is 13.1. The third-order valence-electron chi connectivity index (χ3n) is 5.15. The van der Waals surface area contributed by atoms with Gasteiger partial charge in [-0.1, -0.05) is 30.3 Å². The predicted molar refractivity (Wildman–Crippen MR) is 104 cm³/mol. The van der Waals surface area contributed by atoms with Crippen LogP contribution >= 0.6 is 0 Å². The van der Waals surface area contributed by atoms with Gasteiger partial charge in [0.25, 0.3) is 0 Å². The number of hydrogen-bond donors (Lipinski definition) is 3. The monoisotopic (exact) mass is 360 g/mol. The van der Waals surface area contributed by atoms with Crippen molar-refractivity contribution in [3.8, 4) is 22.4 Å². The van der Waals surface area contributed by atoms with Gasteiger partial charge in [-0.25, -0.2) is 4.79 Å². The molecule has 4 N–H and O–H groups in total. The maximum atomic E-state index is 11.2. The van der Waals surface area contributed by atoms with Crippen molar-refractivity contribution < 1.29 is 9.90 Å². The summed E-state index contributed by atoms with van der Waals surface area (Å²) in [7, 11) is 0. The Morgan fingerprint density at radius 1 is 1.11 bits per heavy atom. The number of anilines is 1. The number of nitrogens with one attached hydrogen (secondary N) is 1. The van der Waals surface area contributed by atoms with Gasteiger partial charge in [0.15, 0.2) is 0 Å². The first-order valence-electron chi connectivity index (χ1n) is 8.85. The molecule has 0 bridgehead atoms. The number of hydrogen-bond acceptors (Lipinski definition) is 4. The summed E-state index contributed by atoms with van der Waals surface area (Å²) < 4.78 is 0. The van der Waals surface area contributed by atoms with E-state index < -0.39 is 11.6 Å². The summed E-state index contributed by atoms with van der Waals surface area (Å²) in [5, 5.41) is 11.8. The van der Waals surface area contributed by atoms with Crippen LogP contribution < -0.4 is 11.1 Å². The van der Waals surface area contributed by atoms with Crippen LogP contribution in [0.3, 0.4) is 0 Å². The van der Waals surface area contributed by atoms with Gasteiger partial charge in [0.1, 0.15) is 0 Å². The van der Waals surface area contributed by atoms with Gasteiger partial charge in [0.05, 0.1) is 23.1 Å². The second-order valence-corrected chi connectivity index (χ2v) is 6.85. The van der Waals surface area contributed by atoms with Crippen LogP contribution in [-0.4, -0.2) is 21.2 Å². The van der Waals surface area contributed by atoms with Gasteiger partial charge in [0, 0.05) is 29.1 Å². The van der Waals surface area contributed by atoms with Crippen LogP contribution in [0.1, 0.15) is 24.8 Å². The molecule has 27 heavy (non-hydrogen) atoms. The van der Waals surface area contributed by atoms with Gasteiger partial charge in [-0.2, -0.15) is 0 Å². The van der Waals surface area contributed by atoms with Crippen LogP contribution in [-0.2, 0) is 5.54 Å². The number of carbonyl (C=O) groups is 1. The van der Waals surface area contributed by atoms with Crippen molar-refractivity contribution in [2.75, 3.05) is 5.73 Å². The largest absolute Gasteiger partial charge is 0.465 e. The Morgan fingerprint density at radius 2 is 1.89 bits per heavy atom. The Morgan fingerprint density at radius 3 is 2.48 bits per heavy atom. The highest BCUT2D eigenvalue weighted by Gasteiger charge is 2.40. The lowest BCUT2D eigenvalue weighted by atomic mass is 9.71. The topological polar surface area (TPSA) is 101 Å². The molecule has 0 unspecified atom stereocenters. The van der Waals surface area contributed by atoms with Gasteiger partial charge in [0.2, 0.25) is 0 Å². The maximum absolute atomic E-state index is 11.2. The van der Waals surface area contributed by atoms with E-state index in [0.717, 1.165) is 47.2 Å². The number of nitrogens with zero attached hydrogens (tertiary/aromatic N) is 2. The highest BCUT2D eigenvalue weighted by Crippen LogP contribution is 2.42. The Kier molecular flexibility index (Phi) is 4.24. The molecule has 4 rings (SSSR count). The van der Waals surface area contributed by atoms with E-state index in [2.05, 4.69) is 15.3 Å². The molecule has 1 aliphatic carbocycles. The molecule has 0 spiro atoms. The minimum absolute atomic E-state index is 0.467. The molecular weight excluding hydrogens is 340 g/mol. The van der Waals surface area contributed by atoms with E-state index in [1.807, 2.05) is 42.5 Å². The van der Waals surface area contributed by atoms with Gasteiger partial charge < -0.3 is 16.2 Å². The van der Waals surface area contributed by atoms with E-state index in [4.69, 9.17) is 10.8 Å². The molecule has 0 aliphatic heterocycles. The highest BCUT2D eigenvalue weighted by molar-refractivity contribution is 5.82. The van der Waals surface area contributed by atoms with Crippen molar-refractivity contribution in [1.82, 2.24) is 15.3 Å². The third-order valence-corrected chi connectivity index (χ3v) is 5.15. The van der Waals surface area contributed by atoms with E-state index in [-0.39, 0.29) is 0 Å². The lowest BCUT2D eigenvalue weighted by Gasteiger charge is -2.42. The Bertz CT molecular complexity index is 967. The summed E-state index contributed by atoms with van der Waals surface area (Å²) >= 11 is 0. The number of carboxylic acid groups (broad SMARTS) is 1. The lowest BCUT2D eigenvalue weighted by Crippen LogP contribution is -2.50. The fourth-order valence-electron chi connectivity index (χ4n) is 3.62. The molecule has 2 heterocycles. The molecule has 1 saturated carbocycles. The number of nitrogen functional groups attached to an aromatic ring is 1. The van der Waals surface area contributed by atoms with Crippen LogP contribution in [0.15, 0.2) is 61.1 Å². The van der Waals surface area contributed by atoms with Crippen molar-refractivity contribution in [3.63, 3.8) is 0 Å². The van der Waals surface area contributed by atoms with E-state index in [1.165, 1.54) is 0 Å². The van der Waals surface area contributed by atoms with E-state index in [9.17, 15) is 4.79 Å². The van der Waals surface area contributed by atoms with Crippen LogP contribution in [0, 0.1) is 0 Å². The summed E-state index contributed by atoms with van der Waals surface area (Å²) in [6.45, 7) is 0. The van der Waals surface area contributed by atoms with Gasteiger partial charge >= 0.3 is 6.09 Å². The summed E-state index contributed by atoms with van der Waals surface area (Å²) in [5.41, 5.74) is 10.7. The van der Waals surface area contributed by atoms with Gasteiger partial charge in [-0.3, -0.25) is 9.97 Å². The molecule has 2 aromatic heterocycles. The third kappa shape index (κ3) is 3.21. The van der Waals surface area contributed by atoms with Crippen LogP contribution in [0.25, 0.3) is 22.4 Å². The lowest BCUT2D eigenvalue weighted by molar-refractivity contribution is 0.144. The zero-order valence-electron chi connectivity index (χ0n) is 14.7. The molecule has 3 aromatic rings. The normalized spacial score (nSPS) is 15.0. The minimum atomic E-state index is -0.988. The van der Waals surface area contributed by atoms with E-state index >= 15 is 0 Å². The van der Waals surface area contributed by atoms with Crippen molar-refractivity contribution in [2.45, 2.75) is 24.8 Å². The molecule has 136 valence electrons. The molecule has 6 heteroatoms. The summed E-state index contributed by atoms with van der Waals surface area (Å²) in [6.07, 6.45) is 6.83. The van der Waals surface area contributed by atoms with Crippen LogP contribution in [0.2, 0.25) is 0 Å². The van der Waals surface area contributed by atoms with E-state index in [1.54, 1.807) is 18.6 Å². The first-order valence-corrected chi connectivity index (χ1v) is 8.85. The zero-order chi connectivity index (χ0) is 18.9. The standard InChI is InChI=1S/C21H20N4O2/c22-17-11-18(15-3-1-10-23-12-15)19(24-13-17)14-4-6-16(7-5-14)21(8-2-9-21)25-20(26)27/h1,3-7,10-13,25H,2,8-9,22H2,(H,26,27). The SMILES string of the molecule is Nc1cnc(-c2ccc(C3(NC(=O)O)CCC3)cc2)c(-c2cccnc2)c1. The molecule has 0 saturated heterocycles. The average Bonchev–Trinajstić information content (AvgIpc) is 2.65. The van der Waals surface area contributed by atoms with Crippen molar-refractivity contribution in [1.29, 1.82) is 0 Å². The number of amides is 1. The molecule has 1 aliphatic rings. The Labute approximate surface area is 157 Å². The highest BCUT2D eigenvalue weighted by atomic mass is 16.4. The smallest absolute Gasteiger partial charge is 0.405 e. The molecule has 0 radical (unpaired) electrons. The molecule has 1 amide bonds. The van der Waals surface area contributed by atoms with Gasteiger partial charge in [-0.15, -0.1) is 0 Å². The maximum Gasteiger partial charge on any atom is 0.405 e. The minimum Gasteiger partial charge on any atom is -0.465 e. The summed E-state index contributed by atoms with van der Waals surface area (Å²) in [6, 6.07) is 13.7. The second-order valence-electron chi connectivity index (χ2n) is 6.85. The van der Waals surface area contributed by atoms with Crippen molar-refractivity contribution >= 4 is 11.8 Å². The Balaban J connectivity index is 1.72. The average molecular weight is 360 g/mol. The molecule has 6 nitrogen and oxygen atoms in total. The van der Waals surface area contributed by atoms with Crippen molar-refractivity contribution in [3.05, 3.63) is 66.6 Å². The second kappa shape index (κ2) is 6.72. The fraction of sp³-hybridized carbons (Fsp3) is 0.190. The number of aromatic nitrogens is 2. The van der Waals surface area contributed by atoms with E-state index in [0.29, 0.717) is 5.69 Å². The summed E-state index contributed by atoms with van der Waals surface area (Å²) in [5.74, 6) is 0. The summed E-state index contributed by atoms with van der Waals surface area (Å²) in [4.78, 5) is 19.9. The van der Waals surface area contributed by atoms with Crippen LogP contribution in [0.5, 0.6) is 0 Å².